The zero-order valence-corrected chi connectivity index (χ0v) is 18.8. The van der Waals surface area contributed by atoms with Crippen molar-refractivity contribution < 1.29 is 0 Å². The smallest absolute Gasteiger partial charge is 0.194 e. The quantitative estimate of drug-likeness (QED) is 0.381. The van der Waals surface area contributed by atoms with Gasteiger partial charge in [-0.2, -0.15) is 5.10 Å². The summed E-state index contributed by atoms with van der Waals surface area (Å²) in [6.07, 6.45) is 5.18. The number of benzene rings is 1. The summed E-state index contributed by atoms with van der Waals surface area (Å²) in [5, 5.41) is 8.97. The number of halogens is 3. The van der Waals surface area contributed by atoms with Crippen molar-refractivity contribution >= 4 is 53.1 Å². The summed E-state index contributed by atoms with van der Waals surface area (Å²) < 4.78 is 1.86. The molecule has 1 fully saturated rings. The van der Waals surface area contributed by atoms with Crippen molar-refractivity contribution in [1.29, 1.82) is 0 Å². The molecule has 0 saturated carbocycles. The fourth-order valence-corrected chi connectivity index (χ4v) is 3.58. The van der Waals surface area contributed by atoms with Crippen LogP contribution < -0.4 is 5.32 Å². The largest absolute Gasteiger partial charge is 0.357 e. The van der Waals surface area contributed by atoms with Crippen LogP contribution in [0, 0.1) is 0 Å². The SMILES string of the molecule is CCNC(=NCc1ccc(Cl)cc1Cl)N1CCC(c2cnn(C)c2)C1.I. The Kier molecular flexibility index (Phi) is 8.04. The number of nitrogens with zero attached hydrogens (tertiary/aromatic N) is 4. The lowest BCUT2D eigenvalue weighted by Gasteiger charge is -2.21. The van der Waals surface area contributed by atoms with Crippen LogP contribution in [0.4, 0.5) is 0 Å². The van der Waals surface area contributed by atoms with Crippen LogP contribution >= 0.6 is 47.2 Å². The molecule has 1 unspecified atom stereocenters. The molecule has 3 rings (SSSR count). The van der Waals surface area contributed by atoms with Gasteiger partial charge in [0.15, 0.2) is 5.96 Å². The van der Waals surface area contributed by atoms with Crippen LogP contribution in [0.25, 0.3) is 0 Å². The molecule has 1 atom stereocenters. The van der Waals surface area contributed by atoms with Gasteiger partial charge in [-0.05, 0) is 36.6 Å². The molecule has 1 aliphatic rings. The van der Waals surface area contributed by atoms with E-state index in [1.54, 1.807) is 6.07 Å². The standard InChI is InChI=1S/C18H23Cl2N5.HI/c1-3-21-18(22-9-13-4-5-16(19)8-17(13)20)25-7-6-14(12-25)15-10-23-24(2)11-15;/h4-5,8,10-11,14H,3,6-7,9,12H2,1-2H3,(H,21,22);1H. The van der Waals surface area contributed by atoms with E-state index in [4.69, 9.17) is 28.2 Å². The molecule has 0 radical (unpaired) electrons. The molecule has 0 bridgehead atoms. The Morgan fingerprint density at radius 3 is 2.85 bits per heavy atom. The van der Waals surface area contributed by atoms with E-state index in [0.29, 0.717) is 22.5 Å². The first-order chi connectivity index (χ1) is 12.1. The third kappa shape index (κ3) is 5.27. The maximum absolute atomic E-state index is 6.26. The molecule has 1 N–H and O–H groups in total. The Labute approximate surface area is 181 Å². The van der Waals surface area contributed by atoms with E-state index in [-0.39, 0.29) is 24.0 Å². The molecular weight excluding hydrogens is 484 g/mol. The molecule has 1 saturated heterocycles. The fourth-order valence-electron chi connectivity index (χ4n) is 3.11. The van der Waals surface area contributed by atoms with Gasteiger partial charge in [-0.1, -0.05) is 29.3 Å². The molecular formula is C18H24Cl2IN5. The average molecular weight is 508 g/mol. The molecule has 8 heteroatoms. The van der Waals surface area contributed by atoms with Gasteiger partial charge in [-0.3, -0.25) is 4.68 Å². The van der Waals surface area contributed by atoms with Crippen LogP contribution in [0.2, 0.25) is 10.0 Å². The molecule has 1 aromatic carbocycles. The van der Waals surface area contributed by atoms with Gasteiger partial charge in [-0.15, -0.1) is 24.0 Å². The summed E-state index contributed by atoms with van der Waals surface area (Å²) >= 11 is 12.2. The molecule has 2 aromatic rings. The Morgan fingerprint density at radius 1 is 1.38 bits per heavy atom. The maximum Gasteiger partial charge on any atom is 0.194 e. The summed E-state index contributed by atoms with van der Waals surface area (Å²) in [6, 6.07) is 5.54. The van der Waals surface area contributed by atoms with Gasteiger partial charge < -0.3 is 10.2 Å². The minimum absolute atomic E-state index is 0. The number of nitrogens with one attached hydrogen (secondary N) is 1. The van der Waals surface area contributed by atoms with E-state index in [0.717, 1.165) is 37.6 Å². The number of guanidine groups is 1. The second kappa shape index (κ2) is 9.80. The molecule has 0 aliphatic carbocycles. The van der Waals surface area contributed by atoms with Crippen molar-refractivity contribution in [2.45, 2.75) is 25.8 Å². The first-order valence-electron chi connectivity index (χ1n) is 8.52. The van der Waals surface area contributed by atoms with Crippen molar-refractivity contribution in [2.75, 3.05) is 19.6 Å². The molecule has 5 nitrogen and oxygen atoms in total. The molecule has 0 spiro atoms. The first kappa shape index (κ1) is 21.3. The minimum Gasteiger partial charge on any atom is -0.357 e. The third-order valence-electron chi connectivity index (χ3n) is 4.43. The van der Waals surface area contributed by atoms with Gasteiger partial charge in [0.2, 0.25) is 0 Å². The predicted molar refractivity (Wildman–Crippen MR) is 119 cm³/mol. The molecule has 2 heterocycles. The number of likely N-dealkylation sites (tertiary alicyclic amines) is 1. The van der Waals surface area contributed by atoms with Crippen LogP contribution in [0.5, 0.6) is 0 Å². The molecule has 26 heavy (non-hydrogen) atoms. The van der Waals surface area contributed by atoms with Crippen LogP contribution in [-0.2, 0) is 13.6 Å². The van der Waals surface area contributed by atoms with Gasteiger partial charge in [0, 0.05) is 48.8 Å². The highest BCUT2D eigenvalue weighted by atomic mass is 127. The third-order valence-corrected chi connectivity index (χ3v) is 5.02. The average Bonchev–Trinajstić information content (AvgIpc) is 3.21. The molecule has 0 amide bonds. The molecule has 142 valence electrons. The Balaban J connectivity index is 0.00000243. The van der Waals surface area contributed by atoms with E-state index in [1.807, 2.05) is 30.1 Å². The van der Waals surface area contributed by atoms with E-state index < -0.39 is 0 Å². The monoisotopic (exact) mass is 507 g/mol. The van der Waals surface area contributed by atoms with Gasteiger partial charge in [0.1, 0.15) is 0 Å². The van der Waals surface area contributed by atoms with Crippen molar-refractivity contribution in [3.63, 3.8) is 0 Å². The highest BCUT2D eigenvalue weighted by molar-refractivity contribution is 14.0. The summed E-state index contributed by atoms with van der Waals surface area (Å²) in [5.74, 6) is 1.43. The maximum atomic E-state index is 6.26. The van der Waals surface area contributed by atoms with Crippen LogP contribution in [-0.4, -0.2) is 40.3 Å². The summed E-state index contributed by atoms with van der Waals surface area (Å²) in [5.41, 5.74) is 2.27. The number of aromatic nitrogens is 2. The summed E-state index contributed by atoms with van der Waals surface area (Å²) in [6.45, 7) is 5.39. The van der Waals surface area contributed by atoms with E-state index in [9.17, 15) is 0 Å². The zero-order chi connectivity index (χ0) is 17.8. The number of rotatable bonds is 4. The Bertz CT molecular complexity index is 762. The van der Waals surface area contributed by atoms with E-state index >= 15 is 0 Å². The number of aliphatic imine (C=N–C) groups is 1. The van der Waals surface area contributed by atoms with Crippen molar-refractivity contribution in [2.24, 2.45) is 12.0 Å². The molecule has 1 aliphatic heterocycles. The van der Waals surface area contributed by atoms with E-state index in [1.165, 1.54) is 5.56 Å². The highest BCUT2D eigenvalue weighted by Crippen LogP contribution is 2.27. The Hall–Kier alpha value is -0.990. The van der Waals surface area contributed by atoms with Crippen molar-refractivity contribution in [3.8, 4) is 0 Å². The first-order valence-corrected chi connectivity index (χ1v) is 9.28. The van der Waals surface area contributed by atoms with Gasteiger partial charge in [0.05, 0.1) is 12.7 Å². The van der Waals surface area contributed by atoms with Gasteiger partial charge in [-0.25, -0.2) is 4.99 Å². The number of aryl methyl sites for hydroxylation is 1. The van der Waals surface area contributed by atoms with Crippen molar-refractivity contribution in [1.82, 2.24) is 20.0 Å². The van der Waals surface area contributed by atoms with Crippen LogP contribution in [0.3, 0.4) is 0 Å². The van der Waals surface area contributed by atoms with Crippen LogP contribution in [0.1, 0.15) is 30.4 Å². The molecule has 1 aromatic heterocycles. The topological polar surface area (TPSA) is 45.5 Å². The Morgan fingerprint density at radius 2 is 2.19 bits per heavy atom. The summed E-state index contributed by atoms with van der Waals surface area (Å²) in [4.78, 5) is 7.08. The van der Waals surface area contributed by atoms with Crippen LogP contribution in [0.15, 0.2) is 35.6 Å². The van der Waals surface area contributed by atoms with Crippen molar-refractivity contribution in [3.05, 3.63) is 51.8 Å². The highest BCUT2D eigenvalue weighted by Gasteiger charge is 2.26. The lowest BCUT2D eigenvalue weighted by atomic mass is 10.0. The van der Waals surface area contributed by atoms with E-state index in [2.05, 4.69) is 28.4 Å². The zero-order valence-electron chi connectivity index (χ0n) is 15.0. The number of hydrogen-bond donors (Lipinski definition) is 1. The van der Waals surface area contributed by atoms with Gasteiger partial charge in [0.25, 0.3) is 0 Å². The minimum atomic E-state index is 0. The second-order valence-electron chi connectivity index (χ2n) is 6.28. The lowest BCUT2D eigenvalue weighted by Crippen LogP contribution is -2.40. The predicted octanol–water partition coefficient (Wildman–Crippen LogP) is 4.30. The fraction of sp³-hybridized carbons (Fsp3) is 0.444. The normalized spacial score (nSPS) is 17.3. The van der Waals surface area contributed by atoms with Gasteiger partial charge >= 0.3 is 0 Å². The lowest BCUT2D eigenvalue weighted by molar-refractivity contribution is 0.486. The summed E-state index contributed by atoms with van der Waals surface area (Å²) in [7, 11) is 1.96. The second-order valence-corrected chi connectivity index (χ2v) is 7.13. The number of hydrogen-bond acceptors (Lipinski definition) is 2.